The van der Waals surface area contributed by atoms with E-state index < -0.39 is 51.3 Å². The molecule has 2 heterocycles. The summed E-state index contributed by atoms with van der Waals surface area (Å²) in [5.41, 5.74) is -2.15. The Labute approximate surface area is 224 Å². The van der Waals surface area contributed by atoms with E-state index in [1.54, 1.807) is 27.7 Å². The Morgan fingerprint density at radius 1 is 1.16 bits per heavy atom. The summed E-state index contributed by atoms with van der Waals surface area (Å²) in [6.07, 6.45) is 7.81. The lowest BCUT2D eigenvalue weighted by atomic mass is 10.0. The van der Waals surface area contributed by atoms with Gasteiger partial charge in [0.25, 0.3) is 5.91 Å². The zero-order valence-corrected chi connectivity index (χ0v) is 23.5. The minimum absolute atomic E-state index is 0.100. The fraction of sp³-hybridized carbons (Fsp3) is 0.760. The molecule has 13 heteroatoms. The second-order valence-corrected chi connectivity index (χ2v) is 12.7. The summed E-state index contributed by atoms with van der Waals surface area (Å²) >= 11 is 0. The van der Waals surface area contributed by atoms with E-state index in [1.165, 1.54) is 4.90 Å². The number of hydrogen-bond acceptors (Lipinski definition) is 7. The molecule has 0 aromatic rings. The Kier molecular flexibility index (Phi) is 9.45. The average molecular weight is 556 g/mol. The maximum Gasteiger partial charge on any atom is 0.408 e. The highest BCUT2D eigenvalue weighted by molar-refractivity contribution is 7.88. The highest BCUT2D eigenvalue weighted by atomic mass is 32.2. The van der Waals surface area contributed by atoms with E-state index in [4.69, 9.17) is 4.74 Å². The minimum Gasteiger partial charge on any atom is -0.444 e. The first-order valence-corrected chi connectivity index (χ1v) is 14.9. The number of hydrogen-bond donors (Lipinski definition) is 4. The number of nitrogens with zero attached hydrogens (tertiary/aromatic N) is 1. The molecule has 4 atom stereocenters. The summed E-state index contributed by atoms with van der Waals surface area (Å²) in [7, 11) is -4.07. The van der Waals surface area contributed by atoms with Crippen LogP contribution in [0.2, 0.25) is 0 Å². The lowest BCUT2D eigenvalue weighted by Crippen LogP contribution is -2.59. The van der Waals surface area contributed by atoms with Crippen LogP contribution in [0.15, 0.2) is 12.2 Å². The molecule has 38 heavy (non-hydrogen) atoms. The molecule has 4 N–H and O–H groups in total. The quantitative estimate of drug-likeness (QED) is 0.371. The maximum atomic E-state index is 13.6. The second-order valence-electron chi connectivity index (χ2n) is 11.2. The molecule has 1 aliphatic carbocycles. The van der Waals surface area contributed by atoms with Crippen LogP contribution in [0.25, 0.3) is 0 Å². The van der Waals surface area contributed by atoms with Crippen LogP contribution >= 0.6 is 0 Å². The number of amides is 4. The zero-order chi connectivity index (χ0) is 28.1. The van der Waals surface area contributed by atoms with Gasteiger partial charge in [-0.25, -0.2) is 9.52 Å². The topological polar surface area (TPSA) is 163 Å². The third kappa shape index (κ3) is 7.68. The number of nitrogens with one attached hydrogen (secondary N) is 4. The first kappa shape index (κ1) is 29.9. The van der Waals surface area contributed by atoms with E-state index in [9.17, 15) is 27.6 Å². The van der Waals surface area contributed by atoms with Crippen molar-refractivity contribution in [1.29, 1.82) is 0 Å². The van der Waals surface area contributed by atoms with Crippen LogP contribution < -0.4 is 20.1 Å². The van der Waals surface area contributed by atoms with E-state index in [0.29, 0.717) is 32.2 Å². The zero-order valence-electron chi connectivity index (χ0n) is 22.7. The van der Waals surface area contributed by atoms with E-state index >= 15 is 0 Å². The van der Waals surface area contributed by atoms with Crippen molar-refractivity contribution in [1.82, 2.24) is 25.0 Å². The minimum atomic E-state index is -4.07. The lowest BCUT2D eigenvalue weighted by Gasteiger charge is -2.30. The summed E-state index contributed by atoms with van der Waals surface area (Å²) in [6, 6.07) is -1.69. The van der Waals surface area contributed by atoms with E-state index in [-0.39, 0.29) is 24.8 Å². The van der Waals surface area contributed by atoms with Crippen LogP contribution in [0.5, 0.6) is 0 Å². The van der Waals surface area contributed by atoms with Gasteiger partial charge in [-0.1, -0.05) is 31.9 Å². The Hall–Kier alpha value is -2.67. The molecule has 2 aliphatic heterocycles. The van der Waals surface area contributed by atoms with Crippen molar-refractivity contribution in [3.05, 3.63) is 12.2 Å². The Morgan fingerprint density at radius 2 is 1.89 bits per heavy atom. The molecule has 1 unspecified atom stereocenters. The summed E-state index contributed by atoms with van der Waals surface area (Å²) in [5, 5.41) is 5.47. The van der Waals surface area contributed by atoms with Crippen molar-refractivity contribution in [3.63, 3.8) is 0 Å². The van der Waals surface area contributed by atoms with Gasteiger partial charge in [0.15, 0.2) is 0 Å². The largest absolute Gasteiger partial charge is 0.444 e. The van der Waals surface area contributed by atoms with Crippen molar-refractivity contribution < 1.29 is 32.3 Å². The van der Waals surface area contributed by atoms with E-state index in [1.807, 2.05) is 16.9 Å². The standard InChI is InChI=1S/C25H41N5O7S/c1-5-26-38(35,36)29-22(33)25-16-17(25)12-9-7-6-8-10-13-18(27-23(34)37-24(2,3)4)21(32)30-15-11-14-19(30)20(31)28-25/h9,12,17-19,26H,5-8,10-11,13-16H2,1-4H3,(H,27,34)(H,28,31)(H,29,33)/b12-9-/t17-,18?,19+,25-/m1/s1. The summed E-state index contributed by atoms with van der Waals surface area (Å²) < 4.78 is 34.0. The fourth-order valence-corrected chi connectivity index (χ4v) is 5.86. The molecule has 1 saturated heterocycles. The smallest absolute Gasteiger partial charge is 0.408 e. The van der Waals surface area contributed by atoms with Gasteiger partial charge in [0.2, 0.25) is 11.8 Å². The van der Waals surface area contributed by atoms with E-state index in [2.05, 4.69) is 15.4 Å². The van der Waals surface area contributed by atoms with Gasteiger partial charge in [0, 0.05) is 19.0 Å². The van der Waals surface area contributed by atoms with Gasteiger partial charge in [-0.3, -0.25) is 14.4 Å². The van der Waals surface area contributed by atoms with Crippen molar-refractivity contribution in [2.75, 3.05) is 13.1 Å². The molecule has 0 aromatic carbocycles. The van der Waals surface area contributed by atoms with Crippen molar-refractivity contribution in [2.45, 2.75) is 102 Å². The van der Waals surface area contributed by atoms with Gasteiger partial charge < -0.3 is 20.3 Å². The molecule has 4 amide bonds. The van der Waals surface area contributed by atoms with Crippen molar-refractivity contribution in [3.8, 4) is 0 Å². The second kappa shape index (κ2) is 12.0. The van der Waals surface area contributed by atoms with Crippen LogP contribution in [0.3, 0.4) is 0 Å². The Morgan fingerprint density at radius 3 is 2.58 bits per heavy atom. The molecule has 0 aromatic heterocycles. The number of alkyl carbamates (subject to hydrolysis) is 1. The van der Waals surface area contributed by atoms with Gasteiger partial charge in [-0.2, -0.15) is 13.1 Å². The molecular weight excluding hydrogens is 514 g/mol. The molecular formula is C25H41N5O7S. The number of carbonyl (C=O) groups excluding carboxylic acids is 4. The number of fused-ring (bicyclic) bond motifs is 2. The molecule has 0 bridgehead atoms. The van der Waals surface area contributed by atoms with Gasteiger partial charge in [-0.15, -0.1) is 0 Å². The molecule has 3 aliphatic rings. The van der Waals surface area contributed by atoms with Crippen LogP contribution in [-0.2, 0) is 29.3 Å². The van der Waals surface area contributed by atoms with Crippen molar-refractivity contribution in [2.24, 2.45) is 5.92 Å². The maximum absolute atomic E-state index is 13.6. The fourth-order valence-electron chi connectivity index (χ4n) is 4.98. The third-order valence-corrected chi connectivity index (χ3v) is 8.01. The molecule has 0 spiro atoms. The van der Waals surface area contributed by atoms with Crippen LogP contribution in [0, 0.1) is 5.92 Å². The molecule has 12 nitrogen and oxygen atoms in total. The molecule has 0 radical (unpaired) electrons. The SMILES string of the molecule is CCNS(=O)(=O)NC(=O)[C@@]12C[C@H]1/C=C\CCCCCC(NC(=O)OC(C)(C)C)C(=O)N1CCC[C@H]1C(=O)N2. The predicted octanol–water partition coefficient (Wildman–Crippen LogP) is 1.24. The predicted molar refractivity (Wildman–Crippen MR) is 140 cm³/mol. The molecule has 2 fully saturated rings. The highest BCUT2D eigenvalue weighted by Gasteiger charge is 2.61. The Bertz CT molecular complexity index is 1050. The van der Waals surface area contributed by atoms with E-state index in [0.717, 1.165) is 19.3 Å². The lowest BCUT2D eigenvalue weighted by molar-refractivity contribution is -0.141. The Balaban J connectivity index is 1.83. The van der Waals surface area contributed by atoms with Crippen LogP contribution in [0.1, 0.15) is 79.1 Å². The first-order chi connectivity index (χ1) is 17.8. The molecule has 1 saturated carbocycles. The van der Waals surface area contributed by atoms with Crippen LogP contribution in [-0.4, -0.2) is 73.4 Å². The normalized spacial score (nSPS) is 29.6. The van der Waals surface area contributed by atoms with Gasteiger partial charge in [-0.05, 0) is 59.3 Å². The molecule has 3 rings (SSSR count). The number of ether oxygens (including phenoxy) is 1. The number of rotatable bonds is 5. The van der Waals surface area contributed by atoms with Gasteiger partial charge in [0.1, 0.15) is 23.2 Å². The third-order valence-electron chi connectivity index (χ3n) is 6.89. The first-order valence-electron chi connectivity index (χ1n) is 13.4. The number of allylic oxidation sites excluding steroid dienone is 1. The summed E-state index contributed by atoms with van der Waals surface area (Å²) in [4.78, 5) is 54.1. The highest BCUT2D eigenvalue weighted by Crippen LogP contribution is 2.45. The number of carbonyl (C=O) groups is 4. The van der Waals surface area contributed by atoms with Crippen LogP contribution in [0.4, 0.5) is 4.79 Å². The average Bonchev–Trinajstić information content (AvgIpc) is 3.26. The monoisotopic (exact) mass is 555 g/mol. The van der Waals surface area contributed by atoms with Crippen molar-refractivity contribution >= 4 is 34.0 Å². The molecule has 214 valence electrons. The van der Waals surface area contributed by atoms with Gasteiger partial charge in [0.05, 0.1) is 0 Å². The summed E-state index contributed by atoms with van der Waals surface area (Å²) in [5.74, 6) is -2.07. The summed E-state index contributed by atoms with van der Waals surface area (Å²) in [6.45, 7) is 7.23. The van der Waals surface area contributed by atoms with Gasteiger partial charge >= 0.3 is 16.3 Å².